The second-order valence-corrected chi connectivity index (χ2v) is 6.36. The molecule has 0 aliphatic carbocycles. The average molecular weight is 341 g/mol. The van der Waals surface area contributed by atoms with E-state index >= 15 is 0 Å². The van der Waals surface area contributed by atoms with Gasteiger partial charge in [-0.05, 0) is 18.6 Å². The number of anilines is 1. The van der Waals surface area contributed by atoms with Crippen molar-refractivity contribution in [2.75, 3.05) is 31.1 Å². The number of benzene rings is 1. The van der Waals surface area contributed by atoms with Crippen molar-refractivity contribution in [3.63, 3.8) is 0 Å². The van der Waals surface area contributed by atoms with Crippen LogP contribution in [-0.4, -0.2) is 54.0 Å². The number of hydrogen-bond acceptors (Lipinski definition) is 5. The van der Waals surface area contributed by atoms with Gasteiger partial charge < -0.3 is 19.0 Å². The number of likely N-dealkylation sites (tertiary alicyclic amines) is 1. The van der Waals surface area contributed by atoms with E-state index in [-0.39, 0.29) is 30.4 Å². The summed E-state index contributed by atoms with van der Waals surface area (Å²) in [6.45, 7) is 1.74. The Kier molecular flexibility index (Phi) is 4.23. The van der Waals surface area contributed by atoms with Crippen molar-refractivity contribution in [1.82, 2.24) is 9.88 Å². The van der Waals surface area contributed by atoms with Gasteiger partial charge in [0.1, 0.15) is 12.9 Å². The minimum atomic E-state index is -0.144. The molecule has 2 atom stereocenters. The summed E-state index contributed by atoms with van der Waals surface area (Å²) >= 11 is 0. The molecule has 2 fully saturated rings. The third-order valence-electron chi connectivity index (χ3n) is 4.81. The van der Waals surface area contributed by atoms with Crippen molar-refractivity contribution < 1.29 is 18.7 Å². The highest BCUT2D eigenvalue weighted by atomic mass is 16.5. The Morgan fingerprint density at radius 2 is 2.04 bits per heavy atom. The van der Waals surface area contributed by atoms with Crippen LogP contribution in [0.1, 0.15) is 16.9 Å². The molecule has 4 rings (SSSR count). The fraction of sp³-hybridized carbons (Fsp3) is 0.389. The normalized spacial score (nSPS) is 23.9. The zero-order valence-corrected chi connectivity index (χ0v) is 13.7. The number of para-hydroxylation sites is 1. The fourth-order valence-corrected chi connectivity index (χ4v) is 3.52. The molecule has 0 radical (unpaired) electrons. The van der Waals surface area contributed by atoms with Gasteiger partial charge in [0.05, 0.1) is 6.10 Å². The van der Waals surface area contributed by atoms with Crippen LogP contribution in [0.5, 0.6) is 0 Å². The van der Waals surface area contributed by atoms with Crippen LogP contribution in [-0.2, 0) is 9.53 Å². The highest BCUT2D eigenvalue weighted by molar-refractivity contribution is 5.94. The van der Waals surface area contributed by atoms with Crippen LogP contribution in [0.4, 0.5) is 5.69 Å². The molecule has 3 heterocycles. The summed E-state index contributed by atoms with van der Waals surface area (Å²) in [6.07, 6.45) is 3.31. The first kappa shape index (κ1) is 15.8. The molecule has 2 saturated heterocycles. The molecular weight excluding hydrogens is 322 g/mol. The molecule has 7 heteroatoms. The predicted octanol–water partition coefficient (Wildman–Crippen LogP) is 1.57. The summed E-state index contributed by atoms with van der Waals surface area (Å²) < 4.78 is 10.7. The summed E-state index contributed by atoms with van der Waals surface area (Å²) in [5, 5.41) is 0. The topological polar surface area (TPSA) is 75.9 Å². The Labute approximate surface area is 145 Å². The standard InChI is InChI=1S/C18H19N3O4/c22-17-11-25-16-6-7-20(18(23)15-10-24-12-19-15)8-13(16)9-21(17)14-4-2-1-3-5-14/h1-5,10,12-13,16H,6-9,11H2/t13-,16+/m1/s1. The average Bonchev–Trinajstić information content (AvgIpc) is 3.14. The van der Waals surface area contributed by atoms with Crippen molar-refractivity contribution >= 4 is 17.5 Å². The molecule has 1 aromatic heterocycles. The van der Waals surface area contributed by atoms with E-state index in [2.05, 4.69) is 4.98 Å². The number of aromatic nitrogens is 1. The van der Waals surface area contributed by atoms with Crippen LogP contribution < -0.4 is 4.90 Å². The number of carbonyl (C=O) groups is 2. The minimum absolute atomic E-state index is 0.0148. The van der Waals surface area contributed by atoms with Crippen molar-refractivity contribution in [2.24, 2.45) is 5.92 Å². The molecule has 1 aromatic carbocycles. The van der Waals surface area contributed by atoms with Gasteiger partial charge >= 0.3 is 0 Å². The summed E-state index contributed by atoms with van der Waals surface area (Å²) in [7, 11) is 0. The lowest BCUT2D eigenvalue weighted by Gasteiger charge is -2.37. The summed E-state index contributed by atoms with van der Waals surface area (Å²) in [4.78, 5) is 32.4. The van der Waals surface area contributed by atoms with Gasteiger partial charge in [0.25, 0.3) is 11.8 Å². The quantitative estimate of drug-likeness (QED) is 0.829. The molecule has 0 unspecified atom stereocenters. The highest BCUT2D eigenvalue weighted by Crippen LogP contribution is 2.27. The monoisotopic (exact) mass is 341 g/mol. The first-order valence-electron chi connectivity index (χ1n) is 8.37. The van der Waals surface area contributed by atoms with Gasteiger partial charge in [0, 0.05) is 31.2 Å². The summed E-state index contributed by atoms with van der Waals surface area (Å²) in [6, 6.07) is 9.57. The number of ether oxygens (including phenoxy) is 1. The molecule has 0 spiro atoms. The van der Waals surface area contributed by atoms with Gasteiger partial charge in [-0.25, -0.2) is 4.98 Å². The zero-order chi connectivity index (χ0) is 17.2. The first-order chi connectivity index (χ1) is 12.2. The van der Waals surface area contributed by atoms with E-state index in [0.29, 0.717) is 31.7 Å². The lowest BCUT2D eigenvalue weighted by Crippen LogP contribution is -2.49. The fourth-order valence-electron chi connectivity index (χ4n) is 3.52. The lowest BCUT2D eigenvalue weighted by atomic mass is 9.93. The molecule has 130 valence electrons. The molecule has 7 nitrogen and oxygen atoms in total. The number of hydrogen-bond donors (Lipinski definition) is 0. The summed E-state index contributed by atoms with van der Waals surface area (Å²) in [5.74, 6) is -0.125. The number of fused-ring (bicyclic) bond motifs is 1. The number of piperidine rings is 1. The van der Waals surface area contributed by atoms with E-state index in [1.807, 2.05) is 30.3 Å². The van der Waals surface area contributed by atoms with Crippen LogP contribution in [0.2, 0.25) is 0 Å². The second kappa shape index (κ2) is 6.68. The molecule has 2 amide bonds. The SMILES string of the molecule is O=C(c1cocn1)N1CC[C@@H]2OCC(=O)N(c3ccccc3)C[C@H]2C1. The Balaban J connectivity index is 1.53. The van der Waals surface area contributed by atoms with Gasteiger partial charge in [0.15, 0.2) is 12.1 Å². The number of nitrogens with zero attached hydrogens (tertiary/aromatic N) is 3. The zero-order valence-electron chi connectivity index (χ0n) is 13.7. The lowest BCUT2D eigenvalue weighted by molar-refractivity contribution is -0.124. The third-order valence-corrected chi connectivity index (χ3v) is 4.81. The Hall–Kier alpha value is -2.67. The van der Waals surface area contributed by atoms with Crippen molar-refractivity contribution in [2.45, 2.75) is 12.5 Å². The van der Waals surface area contributed by atoms with Gasteiger partial charge in [0.2, 0.25) is 0 Å². The van der Waals surface area contributed by atoms with E-state index in [1.54, 1.807) is 9.80 Å². The Morgan fingerprint density at radius 3 is 2.80 bits per heavy atom. The van der Waals surface area contributed by atoms with E-state index in [4.69, 9.17) is 9.15 Å². The van der Waals surface area contributed by atoms with Gasteiger partial charge in [-0.3, -0.25) is 9.59 Å². The molecular formula is C18H19N3O4. The number of amides is 2. The van der Waals surface area contributed by atoms with E-state index in [0.717, 1.165) is 5.69 Å². The van der Waals surface area contributed by atoms with Crippen LogP contribution in [0.15, 0.2) is 47.4 Å². The van der Waals surface area contributed by atoms with E-state index in [1.165, 1.54) is 12.7 Å². The maximum absolute atomic E-state index is 12.5. The van der Waals surface area contributed by atoms with Gasteiger partial charge in [-0.2, -0.15) is 0 Å². The number of oxazole rings is 1. The molecule has 0 bridgehead atoms. The molecule has 2 aliphatic heterocycles. The predicted molar refractivity (Wildman–Crippen MR) is 89.0 cm³/mol. The number of carbonyl (C=O) groups excluding carboxylic acids is 2. The Morgan fingerprint density at radius 1 is 1.20 bits per heavy atom. The molecule has 0 N–H and O–H groups in total. The Bertz CT molecular complexity index is 747. The van der Waals surface area contributed by atoms with Gasteiger partial charge in [-0.15, -0.1) is 0 Å². The van der Waals surface area contributed by atoms with E-state index < -0.39 is 0 Å². The number of rotatable bonds is 2. The van der Waals surface area contributed by atoms with Crippen LogP contribution >= 0.6 is 0 Å². The van der Waals surface area contributed by atoms with Crippen LogP contribution in [0.3, 0.4) is 0 Å². The summed E-state index contributed by atoms with van der Waals surface area (Å²) in [5.41, 5.74) is 1.17. The molecule has 2 aromatic rings. The molecule has 2 aliphatic rings. The first-order valence-corrected chi connectivity index (χ1v) is 8.37. The van der Waals surface area contributed by atoms with Crippen LogP contribution in [0.25, 0.3) is 0 Å². The molecule has 0 saturated carbocycles. The van der Waals surface area contributed by atoms with E-state index in [9.17, 15) is 9.59 Å². The smallest absolute Gasteiger partial charge is 0.275 e. The highest BCUT2D eigenvalue weighted by Gasteiger charge is 2.38. The minimum Gasteiger partial charge on any atom is -0.451 e. The third kappa shape index (κ3) is 3.15. The maximum Gasteiger partial charge on any atom is 0.275 e. The second-order valence-electron chi connectivity index (χ2n) is 6.36. The van der Waals surface area contributed by atoms with Crippen molar-refractivity contribution in [3.05, 3.63) is 48.7 Å². The van der Waals surface area contributed by atoms with Crippen LogP contribution in [0, 0.1) is 5.92 Å². The maximum atomic E-state index is 12.5. The van der Waals surface area contributed by atoms with Crippen molar-refractivity contribution in [1.29, 1.82) is 0 Å². The molecule has 25 heavy (non-hydrogen) atoms. The van der Waals surface area contributed by atoms with Crippen molar-refractivity contribution in [3.8, 4) is 0 Å². The van der Waals surface area contributed by atoms with Gasteiger partial charge in [-0.1, -0.05) is 18.2 Å². The largest absolute Gasteiger partial charge is 0.451 e.